The highest BCUT2D eigenvalue weighted by Gasteiger charge is 2.24. The van der Waals surface area contributed by atoms with Gasteiger partial charge in [-0.15, -0.1) is 0 Å². The van der Waals surface area contributed by atoms with Crippen molar-refractivity contribution in [2.45, 2.75) is 6.04 Å². The van der Waals surface area contributed by atoms with Gasteiger partial charge in [0.2, 0.25) is 0 Å². The predicted molar refractivity (Wildman–Crippen MR) is 54.1 cm³/mol. The van der Waals surface area contributed by atoms with Crippen LogP contribution in [0.2, 0.25) is 0 Å². The zero-order chi connectivity index (χ0) is 10.8. The van der Waals surface area contributed by atoms with Crippen molar-refractivity contribution < 1.29 is 15.0 Å². The monoisotopic (exact) mass is 206 g/mol. The van der Waals surface area contributed by atoms with Gasteiger partial charge in [-0.25, -0.2) is 4.79 Å². The molecule has 0 saturated heterocycles. The summed E-state index contributed by atoms with van der Waals surface area (Å²) in [5, 5.41) is 20.6. The third kappa shape index (κ3) is 1.90. The highest BCUT2D eigenvalue weighted by atomic mass is 16.4. The Morgan fingerprint density at radius 2 is 2.07 bits per heavy atom. The Kier molecular flexibility index (Phi) is 2.29. The first-order chi connectivity index (χ1) is 7.16. The van der Waals surface area contributed by atoms with E-state index in [4.69, 9.17) is 10.2 Å². The third-order valence-corrected chi connectivity index (χ3v) is 2.18. The number of rotatable bonds is 2. The first-order valence-electron chi connectivity index (χ1n) is 4.50. The second-order valence-electron chi connectivity index (χ2n) is 3.27. The number of phenols is 1. The number of amidine groups is 1. The van der Waals surface area contributed by atoms with Gasteiger partial charge >= 0.3 is 5.97 Å². The molecule has 0 fully saturated rings. The standard InChI is InChI=1S/C10H10N2O3/c13-7-3-1-6(2-4-7)9-11-5-8(12-9)10(14)15/h1-4,8,13H,5H2,(H,11,12)(H,14,15). The van der Waals surface area contributed by atoms with E-state index in [1.54, 1.807) is 12.1 Å². The molecule has 0 bridgehead atoms. The van der Waals surface area contributed by atoms with Crippen LogP contribution in [-0.2, 0) is 4.79 Å². The van der Waals surface area contributed by atoms with E-state index in [-0.39, 0.29) is 12.3 Å². The number of hydrogen-bond acceptors (Lipinski definition) is 4. The number of nitrogens with zero attached hydrogens (tertiary/aromatic N) is 1. The van der Waals surface area contributed by atoms with E-state index in [0.29, 0.717) is 5.84 Å². The van der Waals surface area contributed by atoms with E-state index in [9.17, 15) is 4.79 Å². The molecule has 5 nitrogen and oxygen atoms in total. The van der Waals surface area contributed by atoms with Crippen molar-refractivity contribution in [2.24, 2.45) is 4.99 Å². The van der Waals surface area contributed by atoms with Crippen LogP contribution in [0.5, 0.6) is 5.75 Å². The fourth-order valence-corrected chi connectivity index (χ4v) is 1.37. The number of nitrogens with one attached hydrogen (secondary N) is 1. The highest BCUT2D eigenvalue weighted by Crippen LogP contribution is 2.12. The molecular formula is C10H10N2O3. The van der Waals surface area contributed by atoms with Gasteiger partial charge in [0, 0.05) is 5.56 Å². The lowest BCUT2D eigenvalue weighted by atomic mass is 10.2. The zero-order valence-corrected chi connectivity index (χ0v) is 7.84. The van der Waals surface area contributed by atoms with Crippen LogP contribution in [0, 0.1) is 0 Å². The normalized spacial score (nSPS) is 19.5. The Labute approximate surface area is 86.1 Å². The fraction of sp³-hybridized carbons (Fsp3) is 0.200. The minimum absolute atomic E-state index is 0.173. The molecule has 1 heterocycles. The molecule has 1 atom stereocenters. The Morgan fingerprint density at radius 1 is 1.40 bits per heavy atom. The van der Waals surface area contributed by atoms with Gasteiger partial charge in [0.05, 0.1) is 6.54 Å². The van der Waals surface area contributed by atoms with Crippen molar-refractivity contribution in [3.05, 3.63) is 29.8 Å². The van der Waals surface area contributed by atoms with Gasteiger partial charge in [0.25, 0.3) is 0 Å². The summed E-state index contributed by atoms with van der Waals surface area (Å²) in [7, 11) is 0. The summed E-state index contributed by atoms with van der Waals surface area (Å²) in [6.07, 6.45) is 0. The largest absolute Gasteiger partial charge is 0.508 e. The maximum atomic E-state index is 10.7. The molecule has 0 radical (unpaired) electrons. The molecule has 0 aliphatic carbocycles. The topological polar surface area (TPSA) is 81.9 Å². The summed E-state index contributed by atoms with van der Waals surface area (Å²) in [5.41, 5.74) is 0.775. The van der Waals surface area contributed by atoms with Crippen LogP contribution >= 0.6 is 0 Å². The number of carboxylic acids is 1. The molecule has 0 saturated carbocycles. The molecule has 3 N–H and O–H groups in total. The number of carboxylic acid groups (broad SMARTS) is 1. The quantitative estimate of drug-likeness (QED) is 0.645. The lowest BCUT2D eigenvalue weighted by Crippen LogP contribution is -2.37. The zero-order valence-electron chi connectivity index (χ0n) is 7.84. The Bertz CT molecular complexity index is 411. The third-order valence-electron chi connectivity index (χ3n) is 2.18. The van der Waals surface area contributed by atoms with E-state index in [1.165, 1.54) is 12.1 Å². The predicted octanol–water partition coefficient (Wildman–Crippen LogP) is 0.195. The summed E-state index contributed by atoms with van der Waals surface area (Å²) in [5.74, 6) is -0.179. The average Bonchev–Trinajstić information content (AvgIpc) is 2.68. The van der Waals surface area contributed by atoms with Crippen LogP contribution in [0.25, 0.3) is 0 Å². The summed E-state index contributed by atoms with van der Waals surface area (Å²) in [6.45, 7) is 0.242. The number of aromatic hydroxyl groups is 1. The van der Waals surface area contributed by atoms with Crippen LogP contribution in [-0.4, -0.2) is 34.6 Å². The molecule has 0 spiro atoms. The average molecular weight is 206 g/mol. The number of aliphatic imine (C=N–C) groups is 1. The molecular weight excluding hydrogens is 196 g/mol. The van der Waals surface area contributed by atoms with Gasteiger partial charge in [-0.3, -0.25) is 4.99 Å². The van der Waals surface area contributed by atoms with Gasteiger partial charge in [-0.1, -0.05) is 0 Å². The van der Waals surface area contributed by atoms with Crippen LogP contribution < -0.4 is 5.32 Å². The minimum atomic E-state index is -0.910. The maximum Gasteiger partial charge on any atom is 0.328 e. The molecule has 2 rings (SSSR count). The fourth-order valence-electron chi connectivity index (χ4n) is 1.37. The molecule has 1 aromatic carbocycles. The smallest absolute Gasteiger partial charge is 0.328 e. The molecule has 0 aromatic heterocycles. The maximum absolute atomic E-state index is 10.7. The second-order valence-corrected chi connectivity index (χ2v) is 3.27. The molecule has 0 amide bonds. The van der Waals surface area contributed by atoms with Crippen molar-refractivity contribution in [1.29, 1.82) is 0 Å². The van der Waals surface area contributed by atoms with Crippen molar-refractivity contribution >= 4 is 11.8 Å². The first-order valence-corrected chi connectivity index (χ1v) is 4.50. The molecule has 1 aliphatic rings. The number of carbonyl (C=O) groups is 1. The molecule has 1 aromatic rings. The number of hydrogen-bond donors (Lipinski definition) is 3. The number of phenolic OH excluding ortho intramolecular Hbond substituents is 1. The molecule has 5 heteroatoms. The summed E-state index contributed by atoms with van der Waals surface area (Å²) in [6, 6.07) is 5.80. The van der Waals surface area contributed by atoms with E-state index < -0.39 is 12.0 Å². The number of benzene rings is 1. The second kappa shape index (κ2) is 3.61. The van der Waals surface area contributed by atoms with Crippen LogP contribution in [0.3, 0.4) is 0 Å². The SMILES string of the molecule is O=C(O)C1CN=C(c2ccc(O)cc2)N1. The van der Waals surface area contributed by atoms with E-state index in [2.05, 4.69) is 10.3 Å². The van der Waals surface area contributed by atoms with Gasteiger partial charge < -0.3 is 15.5 Å². The van der Waals surface area contributed by atoms with Crippen molar-refractivity contribution in [3.8, 4) is 5.75 Å². The summed E-state index contributed by atoms with van der Waals surface area (Å²) < 4.78 is 0. The van der Waals surface area contributed by atoms with Crippen LogP contribution in [0.4, 0.5) is 0 Å². The first kappa shape index (κ1) is 9.51. The van der Waals surface area contributed by atoms with Gasteiger partial charge in [0.1, 0.15) is 17.6 Å². The van der Waals surface area contributed by atoms with Crippen LogP contribution in [0.1, 0.15) is 5.56 Å². The highest BCUT2D eigenvalue weighted by molar-refractivity contribution is 6.02. The number of aliphatic carboxylic acids is 1. The van der Waals surface area contributed by atoms with E-state index >= 15 is 0 Å². The van der Waals surface area contributed by atoms with Crippen molar-refractivity contribution in [1.82, 2.24) is 5.32 Å². The Hall–Kier alpha value is -2.04. The minimum Gasteiger partial charge on any atom is -0.508 e. The van der Waals surface area contributed by atoms with Crippen molar-refractivity contribution in [3.63, 3.8) is 0 Å². The summed E-state index contributed by atoms with van der Waals surface area (Å²) in [4.78, 5) is 14.7. The summed E-state index contributed by atoms with van der Waals surface area (Å²) >= 11 is 0. The van der Waals surface area contributed by atoms with Gasteiger partial charge in [-0.05, 0) is 24.3 Å². The van der Waals surface area contributed by atoms with Crippen LogP contribution in [0.15, 0.2) is 29.3 Å². The lowest BCUT2D eigenvalue weighted by Gasteiger charge is -2.06. The molecule has 15 heavy (non-hydrogen) atoms. The molecule has 1 unspecified atom stereocenters. The Morgan fingerprint density at radius 3 is 2.60 bits per heavy atom. The Balaban J connectivity index is 2.14. The molecule has 1 aliphatic heterocycles. The van der Waals surface area contributed by atoms with Gasteiger partial charge in [-0.2, -0.15) is 0 Å². The van der Waals surface area contributed by atoms with Gasteiger partial charge in [0.15, 0.2) is 0 Å². The lowest BCUT2D eigenvalue weighted by molar-refractivity contribution is -0.138. The van der Waals surface area contributed by atoms with E-state index in [0.717, 1.165) is 5.56 Å². The molecule has 78 valence electrons. The van der Waals surface area contributed by atoms with Crippen molar-refractivity contribution in [2.75, 3.05) is 6.54 Å². The van der Waals surface area contributed by atoms with E-state index in [1.807, 2.05) is 0 Å².